The zero-order chi connectivity index (χ0) is 21.0. The number of hydrogen-bond acceptors (Lipinski definition) is 6. The van der Waals surface area contributed by atoms with E-state index in [0.29, 0.717) is 18.2 Å². The van der Waals surface area contributed by atoms with Gasteiger partial charge in [0.25, 0.3) is 0 Å². The van der Waals surface area contributed by atoms with Crippen molar-refractivity contribution in [2.75, 3.05) is 5.32 Å². The molecular formula is C22H19N5O2S. The molecular weight excluding hydrogens is 398 g/mol. The van der Waals surface area contributed by atoms with Gasteiger partial charge >= 0.3 is 0 Å². The van der Waals surface area contributed by atoms with Crippen molar-refractivity contribution < 1.29 is 8.42 Å². The summed E-state index contributed by atoms with van der Waals surface area (Å²) in [5.41, 5.74) is 4.15. The van der Waals surface area contributed by atoms with Crippen molar-refractivity contribution in [2.45, 2.75) is 11.4 Å². The summed E-state index contributed by atoms with van der Waals surface area (Å²) in [5.74, 6) is 0.379. The van der Waals surface area contributed by atoms with Gasteiger partial charge in [0.1, 0.15) is 11.4 Å². The molecule has 0 saturated heterocycles. The smallest absolute Gasteiger partial charge is 0.243 e. The van der Waals surface area contributed by atoms with E-state index in [9.17, 15) is 8.42 Å². The molecule has 0 aliphatic heterocycles. The van der Waals surface area contributed by atoms with E-state index in [1.54, 1.807) is 12.1 Å². The van der Waals surface area contributed by atoms with Gasteiger partial charge in [0.15, 0.2) is 0 Å². The highest BCUT2D eigenvalue weighted by molar-refractivity contribution is 7.89. The number of anilines is 1. The van der Waals surface area contributed by atoms with Crippen molar-refractivity contribution in [2.24, 2.45) is 5.14 Å². The number of nitrogens with zero attached hydrogens (tertiary/aromatic N) is 3. The summed E-state index contributed by atoms with van der Waals surface area (Å²) in [6.07, 6.45) is 0. The molecule has 30 heavy (non-hydrogen) atoms. The summed E-state index contributed by atoms with van der Waals surface area (Å²) in [5, 5.41) is 16.9. The zero-order valence-corrected chi connectivity index (χ0v) is 16.8. The molecule has 0 bridgehead atoms. The van der Waals surface area contributed by atoms with E-state index < -0.39 is 10.0 Å². The van der Waals surface area contributed by atoms with Crippen molar-refractivity contribution in [3.63, 3.8) is 0 Å². The third-order valence-electron chi connectivity index (χ3n) is 4.48. The van der Waals surface area contributed by atoms with Crippen molar-refractivity contribution >= 4 is 16.0 Å². The summed E-state index contributed by atoms with van der Waals surface area (Å²) in [6, 6.07) is 25.9. The van der Waals surface area contributed by atoms with Gasteiger partial charge in [-0.15, -0.1) is 10.2 Å². The van der Waals surface area contributed by atoms with Crippen LogP contribution in [0.4, 0.5) is 5.95 Å². The lowest BCUT2D eigenvalue weighted by molar-refractivity contribution is 0.598. The highest BCUT2D eigenvalue weighted by Gasteiger charge is 2.13. The van der Waals surface area contributed by atoms with Crippen LogP contribution in [0.1, 0.15) is 5.56 Å². The Balaban J connectivity index is 1.62. The Morgan fingerprint density at radius 1 is 0.733 bits per heavy atom. The van der Waals surface area contributed by atoms with Crippen LogP contribution in [-0.2, 0) is 16.6 Å². The summed E-state index contributed by atoms with van der Waals surface area (Å²) < 4.78 is 22.8. The minimum absolute atomic E-state index is 0.0720. The van der Waals surface area contributed by atoms with Crippen LogP contribution >= 0.6 is 0 Å². The molecule has 4 aromatic rings. The van der Waals surface area contributed by atoms with E-state index in [1.165, 1.54) is 12.1 Å². The molecule has 0 radical (unpaired) electrons. The molecule has 8 heteroatoms. The molecule has 0 aliphatic rings. The summed E-state index contributed by atoms with van der Waals surface area (Å²) in [4.78, 5) is 4.76. The van der Waals surface area contributed by atoms with Gasteiger partial charge in [-0.05, 0) is 17.7 Å². The molecule has 0 amide bonds. The monoisotopic (exact) mass is 417 g/mol. The van der Waals surface area contributed by atoms with Crippen molar-refractivity contribution in [1.82, 2.24) is 15.2 Å². The van der Waals surface area contributed by atoms with Crippen LogP contribution < -0.4 is 10.5 Å². The van der Waals surface area contributed by atoms with Crippen LogP contribution in [0.15, 0.2) is 89.8 Å². The molecule has 4 rings (SSSR count). The molecule has 7 nitrogen and oxygen atoms in total. The van der Waals surface area contributed by atoms with Gasteiger partial charge < -0.3 is 5.32 Å². The molecule has 0 atom stereocenters. The fraction of sp³-hybridized carbons (Fsp3) is 0.0455. The molecule has 0 aliphatic carbocycles. The van der Waals surface area contributed by atoms with Crippen LogP contribution in [0.3, 0.4) is 0 Å². The summed E-state index contributed by atoms with van der Waals surface area (Å²) in [7, 11) is -3.71. The predicted octanol–water partition coefficient (Wildman–Crippen LogP) is 3.47. The van der Waals surface area contributed by atoms with Crippen molar-refractivity contribution in [3.8, 4) is 22.5 Å². The first-order valence-corrected chi connectivity index (χ1v) is 10.8. The maximum absolute atomic E-state index is 11.4. The molecule has 150 valence electrons. The first-order valence-electron chi connectivity index (χ1n) is 9.22. The second-order valence-corrected chi connectivity index (χ2v) is 8.17. The Morgan fingerprint density at radius 2 is 1.30 bits per heavy atom. The van der Waals surface area contributed by atoms with Crippen LogP contribution in [0.25, 0.3) is 22.5 Å². The number of primary sulfonamides is 1. The van der Waals surface area contributed by atoms with Gasteiger partial charge in [-0.1, -0.05) is 72.8 Å². The Morgan fingerprint density at radius 3 is 1.87 bits per heavy atom. The lowest BCUT2D eigenvalue weighted by atomic mass is 10.0. The SMILES string of the molecule is NS(=O)(=O)c1ccc(CNc2nnc(-c3ccccc3)c(-c3ccccc3)n2)cc1. The minimum Gasteiger partial charge on any atom is -0.349 e. The third-order valence-corrected chi connectivity index (χ3v) is 5.41. The van der Waals surface area contributed by atoms with Crippen molar-refractivity contribution in [3.05, 3.63) is 90.5 Å². The van der Waals surface area contributed by atoms with E-state index in [2.05, 4.69) is 15.5 Å². The number of benzene rings is 3. The molecule has 3 aromatic carbocycles. The van der Waals surface area contributed by atoms with Crippen LogP contribution in [0, 0.1) is 0 Å². The molecule has 0 unspecified atom stereocenters. The normalized spacial score (nSPS) is 11.2. The van der Waals surface area contributed by atoms with Crippen molar-refractivity contribution in [1.29, 1.82) is 0 Å². The molecule has 0 spiro atoms. The van der Waals surface area contributed by atoms with Gasteiger partial charge in [-0.3, -0.25) is 0 Å². The van der Waals surface area contributed by atoms with Crippen LogP contribution in [-0.4, -0.2) is 23.6 Å². The van der Waals surface area contributed by atoms with E-state index >= 15 is 0 Å². The fourth-order valence-corrected chi connectivity index (χ4v) is 3.48. The minimum atomic E-state index is -3.71. The third kappa shape index (κ3) is 4.51. The van der Waals surface area contributed by atoms with Gasteiger partial charge in [-0.25, -0.2) is 18.5 Å². The molecule has 1 heterocycles. The number of aromatic nitrogens is 3. The lowest BCUT2D eigenvalue weighted by Crippen LogP contribution is -2.12. The number of nitrogens with two attached hydrogens (primary N) is 1. The van der Waals surface area contributed by atoms with E-state index in [0.717, 1.165) is 22.4 Å². The second kappa shape index (κ2) is 8.40. The largest absolute Gasteiger partial charge is 0.349 e. The topological polar surface area (TPSA) is 111 Å². The van der Waals surface area contributed by atoms with Gasteiger partial charge in [0, 0.05) is 17.7 Å². The highest BCUT2D eigenvalue weighted by Crippen LogP contribution is 2.28. The Kier molecular flexibility index (Phi) is 5.51. The van der Waals surface area contributed by atoms with Gasteiger partial charge in [-0.2, -0.15) is 0 Å². The summed E-state index contributed by atoms with van der Waals surface area (Å²) in [6.45, 7) is 0.408. The first kappa shape index (κ1) is 19.7. The first-order chi connectivity index (χ1) is 14.5. The van der Waals surface area contributed by atoms with E-state index in [4.69, 9.17) is 10.1 Å². The van der Waals surface area contributed by atoms with E-state index in [-0.39, 0.29) is 4.90 Å². The molecule has 0 fully saturated rings. The zero-order valence-electron chi connectivity index (χ0n) is 15.9. The average molecular weight is 417 g/mol. The number of rotatable bonds is 6. The number of sulfonamides is 1. The standard InChI is InChI=1S/C22H19N5O2S/c23-30(28,29)19-13-11-16(12-14-19)15-24-22-25-20(17-7-3-1-4-8-17)21(26-27-22)18-9-5-2-6-10-18/h1-14H,15H2,(H2,23,28,29)(H,24,25,27). The van der Waals surface area contributed by atoms with Crippen LogP contribution in [0.2, 0.25) is 0 Å². The van der Waals surface area contributed by atoms with Gasteiger partial charge in [0.05, 0.1) is 4.90 Å². The predicted molar refractivity (Wildman–Crippen MR) is 116 cm³/mol. The van der Waals surface area contributed by atoms with Crippen LogP contribution in [0.5, 0.6) is 0 Å². The Labute approximate surface area is 174 Å². The van der Waals surface area contributed by atoms with Gasteiger partial charge in [0.2, 0.25) is 16.0 Å². The molecule has 1 aromatic heterocycles. The Hall–Kier alpha value is -3.62. The average Bonchev–Trinajstić information content (AvgIpc) is 2.78. The number of nitrogens with one attached hydrogen (secondary N) is 1. The lowest BCUT2D eigenvalue weighted by Gasteiger charge is -2.11. The fourth-order valence-electron chi connectivity index (χ4n) is 2.97. The Bertz CT molecular complexity index is 1250. The second-order valence-electron chi connectivity index (χ2n) is 6.61. The maximum atomic E-state index is 11.4. The quantitative estimate of drug-likeness (QED) is 0.497. The van der Waals surface area contributed by atoms with E-state index in [1.807, 2.05) is 60.7 Å². The number of hydrogen-bond donors (Lipinski definition) is 2. The highest BCUT2D eigenvalue weighted by atomic mass is 32.2. The molecule has 0 saturated carbocycles. The summed E-state index contributed by atoms with van der Waals surface area (Å²) >= 11 is 0. The maximum Gasteiger partial charge on any atom is 0.243 e. The molecule has 3 N–H and O–H groups in total.